The summed E-state index contributed by atoms with van der Waals surface area (Å²) in [5.74, 6) is 0.183. The summed E-state index contributed by atoms with van der Waals surface area (Å²) in [6.07, 6.45) is 5.49. The van der Waals surface area contributed by atoms with Crippen molar-refractivity contribution >= 4 is 11.4 Å². The topological polar surface area (TPSA) is 42.0 Å². The van der Waals surface area contributed by atoms with Gasteiger partial charge in [0.05, 0.1) is 0 Å². The summed E-state index contributed by atoms with van der Waals surface area (Å²) in [6, 6.07) is 20.9. The molecule has 0 fully saturated rings. The quantitative estimate of drug-likeness (QED) is 0.561. The minimum atomic E-state index is 0.0308. The van der Waals surface area contributed by atoms with E-state index in [2.05, 4.69) is 71.8 Å². The molecule has 0 radical (unpaired) electrons. The molecule has 0 saturated heterocycles. The Morgan fingerprint density at radius 1 is 1.07 bits per heavy atom. The standard InChI is InChI=1S/C27H28N2O/c1-19-5-3-4-6-25(19)26(18-27(30)24-13-16-29-20(2)17-24)23-9-7-21(8-10-23)22-11-14-28-15-12-22/h3-11,13,16-17,26,28H,12,14-15,18H2,1-2H3/t26-/m1/s1. The van der Waals surface area contributed by atoms with Crippen molar-refractivity contribution in [1.82, 2.24) is 10.3 Å². The molecule has 0 spiro atoms. The van der Waals surface area contributed by atoms with Gasteiger partial charge in [0.1, 0.15) is 0 Å². The van der Waals surface area contributed by atoms with Gasteiger partial charge in [0.15, 0.2) is 5.78 Å². The van der Waals surface area contributed by atoms with Crippen molar-refractivity contribution in [2.24, 2.45) is 0 Å². The van der Waals surface area contributed by atoms with E-state index in [1.165, 1.54) is 27.8 Å². The number of carbonyl (C=O) groups is 1. The molecule has 0 unspecified atom stereocenters. The monoisotopic (exact) mass is 396 g/mol. The van der Waals surface area contributed by atoms with Crippen LogP contribution in [0.5, 0.6) is 0 Å². The van der Waals surface area contributed by atoms with Gasteiger partial charge in [-0.3, -0.25) is 9.78 Å². The van der Waals surface area contributed by atoms with Crippen LogP contribution in [0.15, 0.2) is 72.9 Å². The van der Waals surface area contributed by atoms with Crippen molar-refractivity contribution in [2.45, 2.75) is 32.6 Å². The highest BCUT2D eigenvalue weighted by Crippen LogP contribution is 2.33. The highest BCUT2D eigenvalue weighted by molar-refractivity contribution is 5.96. The maximum atomic E-state index is 13.1. The molecule has 0 aliphatic carbocycles. The van der Waals surface area contributed by atoms with Crippen LogP contribution in [-0.4, -0.2) is 23.9 Å². The van der Waals surface area contributed by atoms with E-state index in [1.807, 2.05) is 19.1 Å². The first-order valence-corrected chi connectivity index (χ1v) is 10.6. The van der Waals surface area contributed by atoms with E-state index in [-0.39, 0.29) is 11.7 Å². The summed E-state index contributed by atoms with van der Waals surface area (Å²) < 4.78 is 0. The smallest absolute Gasteiger partial charge is 0.163 e. The molecule has 1 aliphatic rings. The predicted molar refractivity (Wildman–Crippen MR) is 123 cm³/mol. The number of hydrogen-bond acceptors (Lipinski definition) is 3. The Kier molecular flexibility index (Phi) is 6.20. The molecule has 2 heterocycles. The molecule has 30 heavy (non-hydrogen) atoms. The fourth-order valence-electron chi connectivity index (χ4n) is 4.22. The number of ketones is 1. The van der Waals surface area contributed by atoms with Crippen LogP contribution in [0, 0.1) is 13.8 Å². The number of Topliss-reactive ketones (excluding diaryl/α,β-unsaturated/α-hetero) is 1. The second-order valence-corrected chi connectivity index (χ2v) is 8.03. The molecule has 0 saturated carbocycles. The highest BCUT2D eigenvalue weighted by Gasteiger charge is 2.21. The van der Waals surface area contributed by atoms with E-state index in [1.54, 1.807) is 6.20 Å². The summed E-state index contributed by atoms with van der Waals surface area (Å²) in [5.41, 5.74) is 7.89. The largest absolute Gasteiger partial charge is 0.313 e. The summed E-state index contributed by atoms with van der Waals surface area (Å²) in [6.45, 7) is 6.00. The van der Waals surface area contributed by atoms with Crippen LogP contribution in [0.4, 0.5) is 0 Å². The molecule has 3 nitrogen and oxygen atoms in total. The molecule has 152 valence electrons. The van der Waals surface area contributed by atoms with Crippen LogP contribution in [-0.2, 0) is 0 Å². The lowest BCUT2D eigenvalue weighted by Crippen LogP contribution is -2.20. The summed E-state index contributed by atoms with van der Waals surface area (Å²) in [5, 5.41) is 3.36. The first kappa shape index (κ1) is 20.2. The Labute approximate surface area is 178 Å². The molecular formula is C27H28N2O. The number of hydrogen-bond donors (Lipinski definition) is 1. The van der Waals surface area contributed by atoms with Crippen molar-refractivity contribution in [1.29, 1.82) is 0 Å². The maximum Gasteiger partial charge on any atom is 0.163 e. The van der Waals surface area contributed by atoms with E-state index in [4.69, 9.17) is 0 Å². The maximum absolute atomic E-state index is 13.1. The van der Waals surface area contributed by atoms with Crippen molar-refractivity contribution in [3.05, 3.63) is 106 Å². The molecule has 1 aliphatic heterocycles. The van der Waals surface area contributed by atoms with E-state index in [0.717, 1.165) is 30.8 Å². The number of aryl methyl sites for hydroxylation is 2. The van der Waals surface area contributed by atoms with Gasteiger partial charge in [-0.1, -0.05) is 54.6 Å². The fourth-order valence-corrected chi connectivity index (χ4v) is 4.22. The third-order valence-electron chi connectivity index (χ3n) is 5.92. The average molecular weight is 397 g/mol. The molecule has 3 heteroatoms. The lowest BCUT2D eigenvalue weighted by atomic mass is 9.83. The lowest BCUT2D eigenvalue weighted by Gasteiger charge is -2.21. The van der Waals surface area contributed by atoms with E-state index in [9.17, 15) is 4.79 Å². The Morgan fingerprint density at radius 3 is 2.57 bits per heavy atom. The van der Waals surface area contributed by atoms with Crippen molar-refractivity contribution in [2.75, 3.05) is 13.1 Å². The van der Waals surface area contributed by atoms with Gasteiger partial charge >= 0.3 is 0 Å². The van der Waals surface area contributed by atoms with Crippen LogP contribution in [0.25, 0.3) is 5.57 Å². The van der Waals surface area contributed by atoms with Gasteiger partial charge in [-0.2, -0.15) is 0 Å². The SMILES string of the molecule is Cc1cc(C(=O)C[C@H](c2ccc(C3=CCNCC3)cc2)c2ccccc2C)ccn1. The second kappa shape index (κ2) is 9.19. The normalized spacial score (nSPS) is 14.8. The van der Waals surface area contributed by atoms with Gasteiger partial charge in [-0.05, 0) is 66.8 Å². The first-order valence-electron chi connectivity index (χ1n) is 10.6. The van der Waals surface area contributed by atoms with Gasteiger partial charge in [-0.25, -0.2) is 0 Å². The molecule has 0 amide bonds. The molecule has 1 atom stereocenters. The van der Waals surface area contributed by atoms with Crippen molar-refractivity contribution in [3.63, 3.8) is 0 Å². The van der Waals surface area contributed by atoms with Gasteiger partial charge in [0, 0.05) is 36.3 Å². The van der Waals surface area contributed by atoms with E-state index in [0.29, 0.717) is 6.42 Å². The second-order valence-electron chi connectivity index (χ2n) is 8.03. The first-order chi connectivity index (χ1) is 14.6. The molecule has 2 aromatic carbocycles. The summed E-state index contributed by atoms with van der Waals surface area (Å²) in [7, 11) is 0. The van der Waals surface area contributed by atoms with Crippen molar-refractivity contribution < 1.29 is 4.79 Å². The fraction of sp³-hybridized carbons (Fsp3) is 0.259. The number of nitrogens with zero attached hydrogens (tertiary/aromatic N) is 1. The minimum absolute atomic E-state index is 0.0308. The van der Waals surface area contributed by atoms with Gasteiger partial charge < -0.3 is 5.32 Å². The Balaban J connectivity index is 1.66. The predicted octanol–water partition coefficient (Wildman–Crippen LogP) is 5.48. The third-order valence-corrected chi connectivity index (χ3v) is 5.92. The van der Waals surface area contributed by atoms with Crippen LogP contribution < -0.4 is 5.32 Å². The van der Waals surface area contributed by atoms with Crippen LogP contribution in [0.3, 0.4) is 0 Å². The zero-order valence-corrected chi connectivity index (χ0v) is 17.7. The Hall–Kier alpha value is -3.04. The Bertz CT molecular complexity index is 1070. The highest BCUT2D eigenvalue weighted by atomic mass is 16.1. The zero-order chi connectivity index (χ0) is 20.9. The minimum Gasteiger partial charge on any atom is -0.313 e. The van der Waals surface area contributed by atoms with Crippen LogP contribution >= 0.6 is 0 Å². The average Bonchev–Trinajstić information content (AvgIpc) is 2.79. The molecule has 1 aromatic heterocycles. The van der Waals surface area contributed by atoms with Gasteiger partial charge in [-0.15, -0.1) is 0 Å². The third kappa shape index (κ3) is 4.58. The van der Waals surface area contributed by atoms with E-state index >= 15 is 0 Å². The molecule has 4 rings (SSSR count). The zero-order valence-electron chi connectivity index (χ0n) is 17.7. The molecular weight excluding hydrogens is 368 g/mol. The van der Waals surface area contributed by atoms with Crippen LogP contribution in [0.2, 0.25) is 0 Å². The molecule has 1 N–H and O–H groups in total. The number of pyridine rings is 1. The number of nitrogens with one attached hydrogen (secondary N) is 1. The van der Waals surface area contributed by atoms with Gasteiger partial charge in [0.2, 0.25) is 0 Å². The molecule has 3 aromatic rings. The van der Waals surface area contributed by atoms with E-state index < -0.39 is 0 Å². The van der Waals surface area contributed by atoms with Gasteiger partial charge in [0.25, 0.3) is 0 Å². The molecule has 0 bridgehead atoms. The lowest BCUT2D eigenvalue weighted by molar-refractivity contribution is 0.0977. The van der Waals surface area contributed by atoms with Crippen molar-refractivity contribution in [3.8, 4) is 0 Å². The summed E-state index contributed by atoms with van der Waals surface area (Å²) in [4.78, 5) is 17.4. The van der Waals surface area contributed by atoms with Crippen LogP contribution in [0.1, 0.15) is 57.1 Å². The number of aromatic nitrogens is 1. The number of benzene rings is 2. The summed E-state index contributed by atoms with van der Waals surface area (Å²) >= 11 is 0. The number of carbonyl (C=O) groups excluding carboxylic acids is 1. The number of rotatable bonds is 6. The Morgan fingerprint density at radius 2 is 1.87 bits per heavy atom.